The molecular formula is C12H12BrClN2O3. The Balaban J connectivity index is 2.28. The van der Waals surface area contributed by atoms with E-state index < -0.39 is 12.0 Å². The van der Waals surface area contributed by atoms with E-state index in [1.807, 2.05) is 0 Å². The van der Waals surface area contributed by atoms with Crippen molar-refractivity contribution >= 4 is 39.4 Å². The van der Waals surface area contributed by atoms with Gasteiger partial charge in [0.15, 0.2) is 0 Å². The monoisotopic (exact) mass is 346 g/mol. The maximum atomic E-state index is 12.4. The Morgan fingerprint density at radius 1 is 1.42 bits per heavy atom. The fourth-order valence-corrected chi connectivity index (χ4v) is 2.87. The molecule has 2 N–H and O–H groups in total. The highest BCUT2D eigenvalue weighted by atomic mass is 79.9. The van der Waals surface area contributed by atoms with Gasteiger partial charge in [0.25, 0.3) is 5.91 Å². The Kier molecular flexibility index (Phi) is 4.44. The molecular weight excluding hydrogens is 336 g/mol. The quantitative estimate of drug-likeness (QED) is 0.852. The van der Waals surface area contributed by atoms with Crippen molar-refractivity contribution in [2.75, 3.05) is 19.6 Å². The van der Waals surface area contributed by atoms with Gasteiger partial charge in [-0.25, -0.2) is 4.79 Å². The summed E-state index contributed by atoms with van der Waals surface area (Å²) in [6, 6.07) is 3.99. The first kappa shape index (κ1) is 14.3. The van der Waals surface area contributed by atoms with Crippen LogP contribution in [0, 0.1) is 0 Å². The van der Waals surface area contributed by atoms with E-state index >= 15 is 0 Å². The minimum absolute atomic E-state index is 0.253. The lowest BCUT2D eigenvalue weighted by molar-refractivity contribution is -0.142. The number of carbonyl (C=O) groups excluding carboxylic acids is 1. The second-order valence-electron chi connectivity index (χ2n) is 4.21. The average molecular weight is 348 g/mol. The number of carboxylic acid groups (broad SMARTS) is 1. The van der Waals surface area contributed by atoms with Crippen LogP contribution in [0.2, 0.25) is 5.02 Å². The molecule has 1 atom stereocenters. The van der Waals surface area contributed by atoms with Crippen LogP contribution in [-0.4, -0.2) is 47.6 Å². The van der Waals surface area contributed by atoms with Crippen molar-refractivity contribution in [1.29, 1.82) is 0 Å². The summed E-state index contributed by atoms with van der Waals surface area (Å²) in [6.45, 7) is 1.19. The summed E-state index contributed by atoms with van der Waals surface area (Å²) >= 11 is 9.17. The second-order valence-corrected chi connectivity index (χ2v) is 5.57. The highest BCUT2D eigenvalue weighted by molar-refractivity contribution is 9.10. The zero-order chi connectivity index (χ0) is 14.0. The number of rotatable bonds is 2. The molecule has 1 fully saturated rings. The first-order valence-corrected chi connectivity index (χ1v) is 6.86. The number of benzene rings is 1. The molecule has 0 radical (unpaired) electrons. The molecule has 1 aromatic carbocycles. The van der Waals surface area contributed by atoms with Gasteiger partial charge in [-0.05, 0) is 18.2 Å². The van der Waals surface area contributed by atoms with Crippen molar-refractivity contribution in [3.05, 3.63) is 33.3 Å². The van der Waals surface area contributed by atoms with Gasteiger partial charge in [0.2, 0.25) is 0 Å². The number of nitrogens with one attached hydrogen (secondary N) is 1. The molecule has 102 valence electrons. The molecule has 1 heterocycles. The van der Waals surface area contributed by atoms with Crippen molar-refractivity contribution in [1.82, 2.24) is 10.2 Å². The van der Waals surface area contributed by atoms with E-state index in [0.29, 0.717) is 28.1 Å². The lowest BCUT2D eigenvalue weighted by atomic mass is 10.1. The molecule has 1 saturated heterocycles. The molecule has 0 saturated carbocycles. The van der Waals surface area contributed by atoms with Crippen molar-refractivity contribution in [3.8, 4) is 0 Å². The molecule has 0 aromatic heterocycles. The highest BCUT2D eigenvalue weighted by Crippen LogP contribution is 2.21. The third-order valence-corrected chi connectivity index (χ3v) is 3.57. The predicted octanol–water partition coefficient (Wildman–Crippen LogP) is 1.60. The van der Waals surface area contributed by atoms with Crippen molar-refractivity contribution < 1.29 is 14.7 Å². The molecule has 7 heteroatoms. The van der Waals surface area contributed by atoms with E-state index in [-0.39, 0.29) is 12.5 Å². The SMILES string of the molecule is O=C(O)C1CNCCN1C(=O)c1cc(Cl)cc(Br)c1. The number of nitrogens with zero attached hydrogens (tertiary/aromatic N) is 1. The third-order valence-electron chi connectivity index (χ3n) is 2.90. The molecule has 0 bridgehead atoms. The maximum Gasteiger partial charge on any atom is 0.327 e. The summed E-state index contributed by atoms with van der Waals surface area (Å²) in [4.78, 5) is 24.9. The molecule has 0 spiro atoms. The summed E-state index contributed by atoms with van der Waals surface area (Å²) in [5.74, 6) is -1.33. The molecule has 1 aromatic rings. The van der Waals surface area contributed by atoms with Crippen LogP contribution in [0.1, 0.15) is 10.4 Å². The number of carbonyl (C=O) groups is 2. The number of amides is 1. The topological polar surface area (TPSA) is 69.6 Å². The Morgan fingerprint density at radius 2 is 2.16 bits per heavy atom. The molecule has 1 aliphatic heterocycles. The lowest BCUT2D eigenvalue weighted by Gasteiger charge is -2.33. The van der Waals surface area contributed by atoms with Crippen LogP contribution >= 0.6 is 27.5 Å². The number of hydrogen-bond donors (Lipinski definition) is 2. The number of halogens is 2. The van der Waals surface area contributed by atoms with Gasteiger partial charge in [-0.2, -0.15) is 0 Å². The van der Waals surface area contributed by atoms with Crippen LogP contribution in [0.15, 0.2) is 22.7 Å². The van der Waals surface area contributed by atoms with Crippen molar-refractivity contribution in [2.45, 2.75) is 6.04 Å². The van der Waals surface area contributed by atoms with E-state index in [4.69, 9.17) is 16.7 Å². The summed E-state index contributed by atoms with van der Waals surface area (Å²) in [5, 5.41) is 12.5. The van der Waals surface area contributed by atoms with Gasteiger partial charge in [0.05, 0.1) is 0 Å². The van der Waals surface area contributed by atoms with E-state index in [0.717, 1.165) is 0 Å². The molecule has 19 heavy (non-hydrogen) atoms. The number of piperazine rings is 1. The average Bonchev–Trinajstić information content (AvgIpc) is 2.36. The van der Waals surface area contributed by atoms with Crippen molar-refractivity contribution in [2.24, 2.45) is 0 Å². The largest absolute Gasteiger partial charge is 0.480 e. The zero-order valence-electron chi connectivity index (χ0n) is 9.90. The normalized spacial score (nSPS) is 19.3. The highest BCUT2D eigenvalue weighted by Gasteiger charge is 2.32. The van der Waals surface area contributed by atoms with E-state index in [1.54, 1.807) is 12.1 Å². The Morgan fingerprint density at radius 3 is 2.79 bits per heavy atom. The standard InChI is InChI=1S/C12H12BrClN2O3/c13-8-3-7(4-9(14)5-8)11(17)16-2-1-15-6-10(16)12(18)19/h3-5,10,15H,1-2,6H2,(H,18,19). The lowest BCUT2D eigenvalue weighted by Crippen LogP contribution is -2.56. The molecule has 5 nitrogen and oxygen atoms in total. The smallest absolute Gasteiger partial charge is 0.327 e. The third kappa shape index (κ3) is 3.26. The Labute approximate surface area is 123 Å². The molecule has 1 unspecified atom stereocenters. The number of carboxylic acids is 1. The summed E-state index contributed by atoms with van der Waals surface area (Å²) < 4.78 is 0.686. The first-order chi connectivity index (χ1) is 8.99. The zero-order valence-corrected chi connectivity index (χ0v) is 12.2. The van der Waals surface area contributed by atoms with Gasteiger partial charge in [0.1, 0.15) is 6.04 Å². The van der Waals surface area contributed by atoms with Crippen LogP contribution in [0.3, 0.4) is 0 Å². The number of aliphatic carboxylic acids is 1. The van der Waals surface area contributed by atoms with Gasteiger partial charge in [-0.15, -0.1) is 0 Å². The summed E-state index contributed by atoms with van der Waals surface area (Å²) in [5.41, 5.74) is 0.382. The minimum atomic E-state index is -1.01. The molecule has 2 rings (SSSR count). The van der Waals surface area contributed by atoms with Crippen LogP contribution in [-0.2, 0) is 4.79 Å². The molecule has 0 aliphatic carbocycles. The fourth-order valence-electron chi connectivity index (χ4n) is 2.01. The maximum absolute atomic E-state index is 12.4. The second kappa shape index (κ2) is 5.90. The van der Waals surface area contributed by atoms with E-state index in [2.05, 4.69) is 21.2 Å². The van der Waals surface area contributed by atoms with Gasteiger partial charge in [0, 0.05) is 34.7 Å². The Hall–Kier alpha value is -1.11. The fraction of sp³-hybridized carbons (Fsp3) is 0.333. The van der Waals surface area contributed by atoms with Crippen LogP contribution < -0.4 is 5.32 Å². The van der Waals surface area contributed by atoms with Crippen molar-refractivity contribution in [3.63, 3.8) is 0 Å². The van der Waals surface area contributed by atoms with Gasteiger partial charge in [-0.1, -0.05) is 27.5 Å². The van der Waals surface area contributed by atoms with Crippen LogP contribution in [0.5, 0.6) is 0 Å². The van der Waals surface area contributed by atoms with Crippen LogP contribution in [0.25, 0.3) is 0 Å². The summed E-state index contributed by atoms with van der Waals surface area (Å²) in [7, 11) is 0. The van der Waals surface area contributed by atoms with E-state index in [9.17, 15) is 9.59 Å². The predicted molar refractivity (Wildman–Crippen MR) is 74.5 cm³/mol. The van der Waals surface area contributed by atoms with E-state index in [1.165, 1.54) is 11.0 Å². The minimum Gasteiger partial charge on any atom is -0.480 e. The molecule has 1 aliphatic rings. The van der Waals surface area contributed by atoms with Gasteiger partial charge in [-0.3, -0.25) is 4.79 Å². The van der Waals surface area contributed by atoms with Crippen LogP contribution in [0.4, 0.5) is 0 Å². The first-order valence-electron chi connectivity index (χ1n) is 5.69. The number of hydrogen-bond acceptors (Lipinski definition) is 3. The molecule has 1 amide bonds. The Bertz CT molecular complexity index is 503. The summed E-state index contributed by atoms with van der Waals surface area (Å²) in [6.07, 6.45) is 0. The van der Waals surface area contributed by atoms with Gasteiger partial charge < -0.3 is 15.3 Å². The van der Waals surface area contributed by atoms with Gasteiger partial charge >= 0.3 is 5.97 Å².